The summed E-state index contributed by atoms with van der Waals surface area (Å²) in [4.78, 5) is 38.2. The summed E-state index contributed by atoms with van der Waals surface area (Å²) in [5.41, 5.74) is -1.08. The zero-order valence-corrected chi connectivity index (χ0v) is 16.1. The van der Waals surface area contributed by atoms with E-state index in [4.69, 9.17) is 9.79 Å². The van der Waals surface area contributed by atoms with Crippen LogP contribution in [0, 0.1) is 5.92 Å². The van der Waals surface area contributed by atoms with Gasteiger partial charge in [-0.25, -0.2) is 9.97 Å². The predicted octanol–water partition coefficient (Wildman–Crippen LogP) is 2.86. The summed E-state index contributed by atoms with van der Waals surface area (Å²) in [5, 5.41) is 2.20. The van der Waals surface area contributed by atoms with E-state index in [-0.39, 0.29) is 17.0 Å². The summed E-state index contributed by atoms with van der Waals surface area (Å²) in [6.07, 6.45) is 2.33. The number of hydrogen-bond acceptors (Lipinski definition) is 4. The number of nitrogens with zero attached hydrogens (tertiary/aromatic N) is 3. The Morgan fingerprint density at radius 3 is 2.48 bits per heavy atom. The fourth-order valence-corrected chi connectivity index (χ4v) is 3.90. The normalized spacial score (nSPS) is 16.7. The van der Waals surface area contributed by atoms with Gasteiger partial charge in [-0.3, -0.25) is 9.36 Å². The quantitative estimate of drug-likeness (QED) is 0.605. The number of carbonyl (C=O) groups excluding carboxylic acids is 1. The third kappa shape index (κ3) is 5.43. The molecule has 2 aromatic heterocycles. The highest BCUT2D eigenvalue weighted by molar-refractivity contribution is 7.60. The van der Waals surface area contributed by atoms with Crippen molar-refractivity contribution in [1.82, 2.24) is 14.5 Å². The number of halogens is 3. The van der Waals surface area contributed by atoms with Crippen LogP contribution in [-0.4, -0.2) is 30.2 Å². The molecular formula is C17H20F3N4O4P. The zero-order chi connectivity index (χ0) is 21.2. The first kappa shape index (κ1) is 21.5. The van der Waals surface area contributed by atoms with Crippen molar-refractivity contribution < 1.29 is 32.3 Å². The second kappa shape index (κ2) is 8.25. The molecule has 3 N–H and O–H groups in total. The zero-order valence-electron chi connectivity index (χ0n) is 15.2. The highest BCUT2D eigenvalue weighted by Crippen LogP contribution is 2.35. The minimum atomic E-state index is -4.61. The van der Waals surface area contributed by atoms with Crippen LogP contribution in [0.4, 0.5) is 19.0 Å². The summed E-state index contributed by atoms with van der Waals surface area (Å²) in [5.74, 6) is -0.313. The molecule has 0 aliphatic heterocycles. The molecule has 29 heavy (non-hydrogen) atoms. The maximum atomic E-state index is 12.9. The molecule has 1 fully saturated rings. The highest BCUT2D eigenvalue weighted by Gasteiger charge is 2.35. The Kier molecular flexibility index (Phi) is 6.11. The smallest absolute Gasteiger partial charge is 0.324 e. The molecule has 0 aromatic carbocycles. The number of imidazole rings is 1. The van der Waals surface area contributed by atoms with Gasteiger partial charge >= 0.3 is 13.8 Å². The van der Waals surface area contributed by atoms with Crippen molar-refractivity contribution in [3.63, 3.8) is 0 Å². The Hall–Kier alpha value is -2.23. The standard InChI is InChI=1S/C17H20F3N4O4P/c18-17(19,20)14-9-24(10-22-14)13(7-11-3-1-2-4-11)16(25)23-15-6-5-12(8-21-15)29(26,27)28/h5-6,8-11,13H,1-4,7H2,(H,21,23,25)(H2,26,27,28)/t13-/m0/s1. The van der Waals surface area contributed by atoms with Crippen LogP contribution < -0.4 is 10.6 Å². The minimum absolute atomic E-state index is 0.0415. The maximum absolute atomic E-state index is 12.9. The summed E-state index contributed by atoms with van der Waals surface area (Å²) >= 11 is 0. The van der Waals surface area contributed by atoms with Gasteiger partial charge in [-0.1, -0.05) is 25.7 Å². The molecule has 0 spiro atoms. The summed E-state index contributed by atoms with van der Waals surface area (Å²) in [6, 6.07) is 1.45. The van der Waals surface area contributed by atoms with Crippen LogP contribution in [-0.2, 0) is 15.5 Å². The van der Waals surface area contributed by atoms with Crippen LogP contribution in [0.2, 0.25) is 0 Å². The third-order valence-electron chi connectivity index (χ3n) is 4.92. The second-order valence-electron chi connectivity index (χ2n) is 7.04. The maximum Gasteiger partial charge on any atom is 0.434 e. The molecule has 2 aromatic rings. The van der Waals surface area contributed by atoms with Crippen LogP contribution >= 0.6 is 7.60 Å². The van der Waals surface area contributed by atoms with Crippen LogP contribution in [0.3, 0.4) is 0 Å². The fraction of sp³-hybridized carbons (Fsp3) is 0.471. The van der Waals surface area contributed by atoms with Crippen molar-refractivity contribution in [2.45, 2.75) is 44.3 Å². The minimum Gasteiger partial charge on any atom is -0.324 e. The Labute approximate surface area is 164 Å². The van der Waals surface area contributed by atoms with Crippen molar-refractivity contribution in [1.29, 1.82) is 0 Å². The van der Waals surface area contributed by atoms with E-state index in [0.29, 0.717) is 6.42 Å². The van der Waals surface area contributed by atoms with Gasteiger partial charge in [0.05, 0.1) is 11.6 Å². The van der Waals surface area contributed by atoms with E-state index in [2.05, 4.69) is 15.3 Å². The number of pyridine rings is 1. The summed E-state index contributed by atoms with van der Waals surface area (Å²) in [7, 11) is -4.47. The first-order valence-electron chi connectivity index (χ1n) is 8.98. The molecule has 0 radical (unpaired) electrons. The molecule has 1 atom stereocenters. The number of hydrogen-bond donors (Lipinski definition) is 3. The van der Waals surface area contributed by atoms with Crippen LogP contribution in [0.5, 0.6) is 0 Å². The van der Waals surface area contributed by atoms with Gasteiger partial charge in [-0.2, -0.15) is 13.2 Å². The van der Waals surface area contributed by atoms with E-state index >= 15 is 0 Å². The molecule has 8 nitrogen and oxygen atoms in total. The van der Waals surface area contributed by atoms with E-state index in [0.717, 1.165) is 55.0 Å². The molecule has 1 aliphatic rings. The fourth-order valence-electron chi connectivity index (χ4n) is 3.42. The predicted molar refractivity (Wildman–Crippen MR) is 97.4 cm³/mol. The third-order valence-corrected chi connectivity index (χ3v) is 5.86. The van der Waals surface area contributed by atoms with E-state index in [1.165, 1.54) is 6.07 Å². The van der Waals surface area contributed by atoms with Gasteiger partial charge in [0.1, 0.15) is 11.9 Å². The number of anilines is 1. The average Bonchev–Trinajstić information content (AvgIpc) is 3.30. The lowest BCUT2D eigenvalue weighted by molar-refractivity contribution is -0.141. The lowest BCUT2D eigenvalue weighted by Crippen LogP contribution is -2.27. The first-order valence-corrected chi connectivity index (χ1v) is 10.6. The number of alkyl halides is 3. The number of carbonyl (C=O) groups is 1. The molecule has 3 rings (SSSR count). The second-order valence-corrected chi connectivity index (χ2v) is 8.65. The van der Waals surface area contributed by atoms with E-state index < -0.39 is 31.4 Å². The van der Waals surface area contributed by atoms with Crippen molar-refractivity contribution in [2.75, 3.05) is 5.32 Å². The molecule has 1 amide bonds. The van der Waals surface area contributed by atoms with Gasteiger partial charge < -0.3 is 19.7 Å². The summed E-state index contributed by atoms with van der Waals surface area (Å²) < 4.78 is 51.1. The Morgan fingerprint density at radius 2 is 1.97 bits per heavy atom. The molecule has 12 heteroatoms. The monoisotopic (exact) mass is 432 g/mol. The van der Waals surface area contributed by atoms with Crippen molar-refractivity contribution in [2.24, 2.45) is 5.92 Å². The molecule has 158 valence electrons. The number of nitrogens with one attached hydrogen (secondary N) is 1. The molecule has 0 bridgehead atoms. The molecule has 2 heterocycles. The van der Waals surface area contributed by atoms with Crippen LogP contribution in [0.15, 0.2) is 30.9 Å². The lowest BCUT2D eigenvalue weighted by Gasteiger charge is -2.21. The van der Waals surface area contributed by atoms with Crippen molar-refractivity contribution in [3.8, 4) is 0 Å². The molecule has 1 saturated carbocycles. The van der Waals surface area contributed by atoms with Crippen LogP contribution in [0.25, 0.3) is 0 Å². The molecule has 0 saturated heterocycles. The number of aromatic nitrogens is 3. The largest absolute Gasteiger partial charge is 0.434 e. The topological polar surface area (TPSA) is 117 Å². The number of rotatable bonds is 6. The Morgan fingerprint density at radius 1 is 1.28 bits per heavy atom. The van der Waals surface area contributed by atoms with E-state index in [1.54, 1.807) is 0 Å². The van der Waals surface area contributed by atoms with Gasteiger partial charge in [0.25, 0.3) is 0 Å². The molecule has 0 unspecified atom stereocenters. The van der Waals surface area contributed by atoms with Gasteiger partial charge in [-0.15, -0.1) is 0 Å². The van der Waals surface area contributed by atoms with Crippen molar-refractivity contribution >= 4 is 24.6 Å². The van der Waals surface area contributed by atoms with Gasteiger partial charge in [-0.05, 0) is 24.5 Å². The highest BCUT2D eigenvalue weighted by atomic mass is 31.2. The Balaban J connectivity index is 1.80. The summed E-state index contributed by atoms with van der Waals surface area (Å²) in [6.45, 7) is 0. The van der Waals surface area contributed by atoms with Gasteiger partial charge in [0.2, 0.25) is 5.91 Å². The van der Waals surface area contributed by atoms with E-state index in [9.17, 15) is 22.5 Å². The average molecular weight is 432 g/mol. The number of amides is 1. The molecular weight excluding hydrogens is 412 g/mol. The van der Waals surface area contributed by atoms with Crippen LogP contribution in [0.1, 0.15) is 43.8 Å². The lowest BCUT2D eigenvalue weighted by atomic mass is 9.97. The SMILES string of the molecule is O=C(Nc1ccc(P(=O)(O)O)cn1)[C@H](CC1CCCC1)n1cnc(C(F)(F)F)c1. The first-order chi connectivity index (χ1) is 13.5. The van der Waals surface area contributed by atoms with Gasteiger partial charge in [0.15, 0.2) is 5.69 Å². The van der Waals surface area contributed by atoms with Gasteiger partial charge in [0, 0.05) is 12.4 Å². The Bertz CT molecular complexity index is 904. The van der Waals surface area contributed by atoms with Crippen molar-refractivity contribution in [3.05, 3.63) is 36.5 Å². The van der Waals surface area contributed by atoms with E-state index in [1.807, 2.05) is 0 Å². The molecule has 1 aliphatic carbocycles.